The molecule has 0 spiro atoms. The van der Waals surface area contributed by atoms with Gasteiger partial charge in [-0.05, 0) is 50.4 Å². The number of anilines is 1. The minimum atomic E-state index is -1.38. The molecule has 1 aliphatic rings. The van der Waals surface area contributed by atoms with E-state index in [-0.39, 0.29) is 18.5 Å². The first-order valence-electron chi connectivity index (χ1n) is 13.2. The summed E-state index contributed by atoms with van der Waals surface area (Å²) in [6.07, 6.45) is 2.64. The molecule has 5 N–H and O–H groups in total. The largest absolute Gasteiger partial charge is 0.508 e. The molecule has 2 atom stereocenters. The van der Waals surface area contributed by atoms with Crippen LogP contribution < -0.4 is 11.1 Å². The number of aromatic nitrogens is 4. The number of nitrogen functional groups attached to an aromatic ring is 1. The van der Waals surface area contributed by atoms with Crippen LogP contribution in [-0.2, 0) is 32.2 Å². The molecule has 2 aromatic rings. The van der Waals surface area contributed by atoms with Gasteiger partial charge in [0.1, 0.15) is 24.2 Å². The fourth-order valence-electron chi connectivity index (χ4n) is 4.41. The van der Waals surface area contributed by atoms with Crippen LogP contribution in [-0.4, -0.2) is 80.4 Å². The molecule has 1 saturated carbocycles. The van der Waals surface area contributed by atoms with Crippen molar-refractivity contribution >= 4 is 29.0 Å². The lowest BCUT2D eigenvalue weighted by atomic mass is 9.81. The van der Waals surface area contributed by atoms with Crippen molar-refractivity contribution in [2.75, 3.05) is 32.1 Å². The number of aliphatic hydroxyl groups excluding tert-OH is 2. The van der Waals surface area contributed by atoms with Crippen LogP contribution in [0.15, 0.2) is 6.33 Å². The molecule has 3 rings (SSSR count). The van der Waals surface area contributed by atoms with Crippen molar-refractivity contribution in [3.05, 3.63) is 12.2 Å². The summed E-state index contributed by atoms with van der Waals surface area (Å²) in [5.41, 5.74) is 7.03. The van der Waals surface area contributed by atoms with Crippen LogP contribution >= 0.6 is 0 Å². The number of imidazole rings is 1. The van der Waals surface area contributed by atoms with Gasteiger partial charge in [-0.15, -0.1) is 0 Å². The smallest absolute Gasteiger partial charge is 0.434 e. The molecule has 1 aliphatic carbocycles. The summed E-state index contributed by atoms with van der Waals surface area (Å²) in [5, 5.41) is 21.9. The molecule has 13 heteroatoms. The van der Waals surface area contributed by atoms with E-state index in [4.69, 9.17) is 19.9 Å². The SMILES string of the molecule is CCNC(=O)[C@@H](OCn1cnc2c(N)nc(C[C@H]3CC[C@H](COC(=O)OCC(C)C)CC3)nc21)C(O)CO. The summed E-state index contributed by atoms with van der Waals surface area (Å²) < 4.78 is 17.5. The average molecular weight is 537 g/mol. The number of aliphatic hydroxyl groups is 2. The number of carbonyl (C=O) groups excluding carboxylic acids is 2. The number of nitrogens with one attached hydrogen (secondary N) is 1. The van der Waals surface area contributed by atoms with Crippen molar-refractivity contribution in [2.45, 2.75) is 71.8 Å². The summed E-state index contributed by atoms with van der Waals surface area (Å²) in [5.74, 6) is 1.25. The van der Waals surface area contributed by atoms with Gasteiger partial charge in [-0.1, -0.05) is 13.8 Å². The molecule has 1 fully saturated rings. The number of ether oxygens (including phenoxy) is 3. The quantitative estimate of drug-likeness (QED) is 0.271. The lowest BCUT2D eigenvalue weighted by Crippen LogP contribution is -2.45. The molecule has 2 heterocycles. The Hall–Kier alpha value is -3.03. The van der Waals surface area contributed by atoms with Gasteiger partial charge in [0, 0.05) is 13.0 Å². The maximum atomic E-state index is 12.2. The first kappa shape index (κ1) is 29.5. The maximum absolute atomic E-state index is 12.2. The number of hydrogen-bond donors (Lipinski definition) is 4. The van der Waals surface area contributed by atoms with Gasteiger partial charge < -0.3 is 35.5 Å². The van der Waals surface area contributed by atoms with Crippen LogP contribution in [0.1, 0.15) is 52.3 Å². The number of likely N-dealkylation sites (N-methyl/N-ethyl adjacent to an activating group) is 1. The summed E-state index contributed by atoms with van der Waals surface area (Å²) in [6, 6.07) is 0. The van der Waals surface area contributed by atoms with Crippen LogP contribution in [0.3, 0.4) is 0 Å². The summed E-state index contributed by atoms with van der Waals surface area (Å²) in [4.78, 5) is 37.3. The fraction of sp³-hybridized carbons (Fsp3) is 0.720. The zero-order valence-electron chi connectivity index (χ0n) is 22.3. The maximum Gasteiger partial charge on any atom is 0.508 e. The summed E-state index contributed by atoms with van der Waals surface area (Å²) in [7, 11) is 0. The second-order valence-electron chi connectivity index (χ2n) is 10.1. The first-order valence-corrected chi connectivity index (χ1v) is 13.2. The van der Waals surface area contributed by atoms with Gasteiger partial charge in [0.2, 0.25) is 0 Å². The molecule has 13 nitrogen and oxygen atoms in total. The molecule has 0 aliphatic heterocycles. The number of amides is 1. The Labute approximate surface area is 222 Å². The van der Waals surface area contributed by atoms with Gasteiger partial charge in [-0.3, -0.25) is 9.36 Å². The van der Waals surface area contributed by atoms with Crippen LogP contribution in [0, 0.1) is 17.8 Å². The van der Waals surface area contributed by atoms with E-state index in [1.54, 1.807) is 11.5 Å². The van der Waals surface area contributed by atoms with Crippen LogP contribution in [0.5, 0.6) is 0 Å². The Bertz CT molecular complexity index is 1050. The van der Waals surface area contributed by atoms with Gasteiger partial charge in [0.25, 0.3) is 5.91 Å². The Morgan fingerprint density at radius 2 is 1.89 bits per heavy atom. The second kappa shape index (κ2) is 14.2. The first-order chi connectivity index (χ1) is 18.2. The van der Waals surface area contributed by atoms with Crippen molar-refractivity contribution in [3.63, 3.8) is 0 Å². The molecular weight excluding hydrogens is 496 g/mol. The molecule has 0 bridgehead atoms. The Kier molecular flexibility index (Phi) is 11.0. The number of carbonyl (C=O) groups is 2. The minimum absolute atomic E-state index is 0.129. The average Bonchev–Trinajstić information content (AvgIpc) is 3.30. The van der Waals surface area contributed by atoms with Crippen molar-refractivity contribution in [2.24, 2.45) is 17.8 Å². The third kappa shape index (κ3) is 8.23. The van der Waals surface area contributed by atoms with E-state index >= 15 is 0 Å². The number of rotatable bonds is 13. The molecule has 0 radical (unpaired) electrons. The van der Waals surface area contributed by atoms with Crippen molar-refractivity contribution < 1.29 is 34.0 Å². The van der Waals surface area contributed by atoms with Crippen LogP contribution in [0.4, 0.5) is 10.6 Å². The molecule has 2 aromatic heterocycles. The standard InChI is InChI=1S/C25H40N6O7/c1-4-27-24(34)21(18(33)10-32)38-14-31-13-28-20-22(26)29-19(30-23(20)31)9-16-5-7-17(8-6-16)12-37-25(35)36-11-15(2)3/h13,15-18,21,32-33H,4-12,14H2,1-3H3,(H,27,34)(H2,26,29,30)/t16-,17-,18?,21-/m0/s1. The fourth-order valence-corrected chi connectivity index (χ4v) is 4.41. The molecular formula is C25H40N6O7. The highest BCUT2D eigenvalue weighted by atomic mass is 16.7. The van der Waals surface area contributed by atoms with Gasteiger partial charge in [-0.2, -0.15) is 0 Å². The van der Waals surface area contributed by atoms with E-state index in [2.05, 4.69) is 20.3 Å². The molecule has 212 valence electrons. The number of nitrogens with zero attached hydrogens (tertiary/aromatic N) is 4. The highest BCUT2D eigenvalue weighted by Crippen LogP contribution is 2.31. The monoisotopic (exact) mass is 536 g/mol. The zero-order valence-corrected chi connectivity index (χ0v) is 22.3. The lowest BCUT2D eigenvalue weighted by Gasteiger charge is -2.27. The van der Waals surface area contributed by atoms with Crippen LogP contribution in [0.2, 0.25) is 0 Å². The van der Waals surface area contributed by atoms with E-state index in [1.807, 2.05) is 13.8 Å². The predicted octanol–water partition coefficient (Wildman–Crippen LogP) is 1.40. The third-order valence-corrected chi connectivity index (χ3v) is 6.49. The number of nitrogens with two attached hydrogens (primary N) is 1. The highest BCUT2D eigenvalue weighted by molar-refractivity contribution is 5.82. The Morgan fingerprint density at radius 1 is 1.18 bits per heavy atom. The molecule has 1 unspecified atom stereocenters. The van der Waals surface area contributed by atoms with Gasteiger partial charge in [-0.25, -0.2) is 19.7 Å². The van der Waals surface area contributed by atoms with E-state index in [0.717, 1.165) is 25.7 Å². The van der Waals surface area contributed by atoms with Crippen molar-refractivity contribution in [1.29, 1.82) is 0 Å². The molecule has 1 amide bonds. The number of hydrogen-bond acceptors (Lipinski definition) is 11. The summed E-state index contributed by atoms with van der Waals surface area (Å²) in [6.45, 7) is 6.01. The van der Waals surface area contributed by atoms with Gasteiger partial charge in [0.15, 0.2) is 17.6 Å². The lowest BCUT2D eigenvalue weighted by molar-refractivity contribution is -0.147. The van der Waals surface area contributed by atoms with E-state index in [0.29, 0.717) is 55.0 Å². The predicted molar refractivity (Wildman–Crippen MR) is 138 cm³/mol. The van der Waals surface area contributed by atoms with E-state index in [9.17, 15) is 19.8 Å². The minimum Gasteiger partial charge on any atom is -0.434 e. The molecule has 0 aromatic carbocycles. The second-order valence-corrected chi connectivity index (χ2v) is 10.1. The van der Waals surface area contributed by atoms with Crippen molar-refractivity contribution in [1.82, 2.24) is 24.8 Å². The Morgan fingerprint density at radius 3 is 2.55 bits per heavy atom. The summed E-state index contributed by atoms with van der Waals surface area (Å²) >= 11 is 0. The van der Waals surface area contributed by atoms with Crippen LogP contribution in [0.25, 0.3) is 11.2 Å². The topological polar surface area (TPSA) is 184 Å². The third-order valence-electron chi connectivity index (χ3n) is 6.49. The normalized spacial score (nSPS) is 19.3. The van der Waals surface area contributed by atoms with E-state index < -0.39 is 30.9 Å². The van der Waals surface area contributed by atoms with Crippen molar-refractivity contribution in [3.8, 4) is 0 Å². The van der Waals surface area contributed by atoms with Gasteiger partial charge >= 0.3 is 6.16 Å². The van der Waals surface area contributed by atoms with Gasteiger partial charge in [0.05, 0.1) is 26.1 Å². The Balaban J connectivity index is 1.57. The molecule has 0 saturated heterocycles. The highest BCUT2D eigenvalue weighted by Gasteiger charge is 2.28. The van der Waals surface area contributed by atoms with E-state index in [1.165, 1.54) is 6.33 Å². The number of fused-ring (bicyclic) bond motifs is 1. The zero-order chi connectivity index (χ0) is 27.7. The molecule has 38 heavy (non-hydrogen) atoms.